The molecule has 2 aliphatic heterocycles. The number of fused-ring (bicyclic) bond motifs is 8. The summed E-state index contributed by atoms with van der Waals surface area (Å²) >= 11 is 7.33. The summed E-state index contributed by atoms with van der Waals surface area (Å²) in [6.45, 7) is 0. The first-order chi connectivity index (χ1) is 12.5. The minimum atomic E-state index is -0.297. The van der Waals surface area contributed by atoms with Gasteiger partial charge in [-0.1, -0.05) is 22.6 Å². The second-order valence-electron chi connectivity index (χ2n) is 6.36. The average molecular weight is 678 g/mol. The molecule has 5 rings (SSSR count). The Morgan fingerprint density at radius 2 is 1.77 bits per heavy atom. The van der Waals surface area contributed by atoms with Crippen LogP contribution in [-0.2, 0) is 0 Å². The highest BCUT2D eigenvalue weighted by Gasteiger charge is 2.37. The minimum Gasteiger partial charge on any atom is -0.356 e. The van der Waals surface area contributed by atoms with E-state index >= 15 is 0 Å². The fourth-order valence-electron chi connectivity index (χ4n) is 3.24. The Labute approximate surface area is 190 Å². The summed E-state index contributed by atoms with van der Waals surface area (Å²) in [7, 11) is 0. The van der Waals surface area contributed by atoms with E-state index in [9.17, 15) is 0 Å². The summed E-state index contributed by atoms with van der Waals surface area (Å²) in [6.07, 6.45) is 6.46. The third kappa shape index (κ3) is 2.86. The van der Waals surface area contributed by atoms with Crippen molar-refractivity contribution in [1.29, 1.82) is 0 Å². The third-order valence-electron chi connectivity index (χ3n) is 4.58. The van der Waals surface area contributed by atoms with Gasteiger partial charge in [-0.05, 0) is 99.8 Å². The Balaban J connectivity index is 1.79. The largest absolute Gasteiger partial charge is 0.356 e. The van der Waals surface area contributed by atoms with Gasteiger partial charge in [0.1, 0.15) is 3.55 Å². The van der Waals surface area contributed by atoms with Crippen LogP contribution in [-0.4, -0.2) is 24.2 Å². The highest BCUT2D eigenvalue weighted by atomic mass is 127. The molecule has 3 aromatic heterocycles. The van der Waals surface area contributed by atoms with Gasteiger partial charge < -0.3 is 15.0 Å². The molecule has 130 valence electrons. The number of nitrogens with zero attached hydrogens (tertiary/aromatic N) is 1. The summed E-state index contributed by atoms with van der Waals surface area (Å²) < 4.78 is 1.04. The standard InChI is InChI=1S/C19H13I3N4/c20-17-14-4-2-11(24-14)9-10-1-3-12(23-10)13-5-6-16(25-13)18(21)19(22)8-7-15(17)26-19/h1-9,18,23-25H/b11-9-,17-14+. The van der Waals surface area contributed by atoms with Crippen molar-refractivity contribution in [3.05, 3.63) is 70.6 Å². The zero-order valence-electron chi connectivity index (χ0n) is 13.4. The lowest BCUT2D eigenvalue weighted by molar-refractivity contribution is 0.785. The van der Waals surface area contributed by atoms with Gasteiger partial charge in [0.25, 0.3) is 0 Å². The molecule has 0 radical (unpaired) electrons. The third-order valence-corrected chi connectivity index (χ3v) is 9.75. The quantitative estimate of drug-likeness (QED) is 0.180. The smallest absolute Gasteiger partial charge is 0.148 e. The van der Waals surface area contributed by atoms with Crippen LogP contribution in [0.1, 0.15) is 15.3 Å². The van der Waals surface area contributed by atoms with Crippen molar-refractivity contribution in [3.63, 3.8) is 0 Å². The molecule has 2 unspecified atom stereocenters. The summed E-state index contributed by atoms with van der Waals surface area (Å²) in [6, 6.07) is 12.7. The second kappa shape index (κ2) is 6.36. The Kier molecular flexibility index (Phi) is 4.23. The summed E-state index contributed by atoms with van der Waals surface area (Å²) in [5, 5.41) is 2.16. The molecule has 0 fully saturated rings. The van der Waals surface area contributed by atoms with Crippen molar-refractivity contribution in [2.24, 2.45) is 4.99 Å². The van der Waals surface area contributed by atoms with Gasteiger partial charge in [0, 0.05) is 16.7 Å². The predicted octanol–water partition coefficient (Wildman–Crippen LogP) is 4.34. The molecule has 26 heavy (non-hydrogen) atoms. The van der Waals surface area contributed by atoms with Crippen molar-refractivity contribution in [2.45, 2.75) is 7.47 Å². The van der Waals surface area contributed by atoms with Crippen molar-refractivity contribution < 1.29 is 0 Å². The molecule has 5 heterocycles. The number of alkyl halides is 2. The number of hydrogen-bond acceptors (Lipinski definition) is 1. The monoisotopic (exact) mass is 678 g/mol. The van der Waals surface area contributed by atoms with Crippen molar-refractivity contribution in [1.82, 2.24) is 15.0 Å². The van der Waals surface area contributed by atoms with Crippen molar-refractivity contribution in [2.75, 3.05) is 0 Å². The molecule has 0 saturated carbocycles. The second-order valence-corrected chi connectivity index (χ2v) is 10.4. The van der Waals surface area contributed by atoms with Crippen LogP contribution in [0.2, 0.25) is 0 Å². The van der Waals surface area contributed by atoms with Gasteiger partial charge in [-0.2, -0.15) is 0 Å². The summed E-state index contributed by atoms with van der Waals surface area (Å²) in [5.74, 6) is 0. The van der Waals surface area contributed by atoms with Gasteiger partial charge in [0.05, 0.1) is 30.0 Å². The lowest BCUT2D eigenvalue weighted by Gasteiger charge is -2.22. The fraction of sp³-hybridized carbons (Fsp3) is 0.105. The zero-order chi connectivity index (χ0) is 17.9. The van der Waals surface area contributed by atoms with Crippen LogP contribution in [0.15, 0.2) is 53.5 Å². The van der Waals surface area contributed by atoms with E-state index in [-0.39, 0.29) is 7.47 Å². The molecule has 0 saturated heterocycles. The Morgan fingerprint density at radius 3 is 2.65 bits per heavy atom. The Hall–Kier alpha value is -0.820. The van der Waals surface area contributed by atoms with Crippen molar-refractivity contribution >= 4 is 83.1 Å². The predicted molar refractivity (Wildman–Crippen MR) is 132 cm³/mol. The van der Waals surface area contributed by atoms with E-state index in [0.29, 0.717) is 0 Å². The van der Waals surface area contributed by atoms with E-state index in [4.69, 9.17) is 4.99 Å². The summed E-state index contributed by atoms with van der Waals surface area (Å²) in [5.41, 5.74) is 5.46. The molecule has 8 bridgehead atoms. The van der Waals surface area contributed by atoms with Gasteiger partial charge in [-0.15, -0.1) is 0 Å². The molecule has 0 aromatic carbocycles. The van der Waals surface area contributed by atoms with Crippen LogP contribution < -0.4 is 10.7 Å². The molecule has 0 spiro atoms. The zero-order valence-corrected chi connectivity index (χ0v) is 19.8. The van der Waals surface area contributed by atoms with E-state index in [1.54, 1.807) is 0 Å². The fourth-order valence-corrected chi connectivity index (χ4v) is 5.34. The highest BCUT2D eigenvalue weighted by molar-refractivity contribution is 14.1. The molecule has 3 aromatic rings. The number of aromatic amines is 3. The van der Waals surface area contributed by atoms with Gasteiger partial charge in [-0.25, -0.2) is 0 Å². The SMILES string of the molecule is I/C1=c2\cc/c([nH]2)=C/c2ccc([nH]2)-c2ccc([nH]2)C(I)C2(I)C=CC1=N2. The van der Waals surface area contributed by atoms with E-state index in [2.05, 4.69) is 137 Å². The summed E-state index contributed by atoms with van der Waals surface area (Å²) in [4.78, 5) is 15.6. The first kappa shape index (κ1) is 17.3. The number of aromatic nitrogens is 3. The molecule has 0 aliphatic carbocycles. The molecule has 2 aliphatic rings. The number of H-pyrrole nitrogens is 3. The maximum Gasteiger partial charge on any atom is 0.148 e. The molecule has 0 amide bonds. The van der Waals surface area contributed by atoms with Crippen LogP contribution in [0.4, 0.5) is 0 Å². The van der Waals surface area contributed by atoms with Crippen LogP contribution in [0.3, 0.4) is 0 Å². The van der Waals surface area contributed by atoms with Gasteiger partial charge in [0.15, 0.2) is 0 Å². The van der Waals surface area contributed by atoms with E-state index in [1.807, 2.05) is 0 Å². The number of aliphatic imine (C=N–C) groups is 1. The molecule has 4 nitrogen and oxygen atoms in total. The van der Waals surface area contributed by atoms with Crippen LogP contribution >= 0.6 is 67.8 Å². The topological polar surface area (TPSA) is 59.7 Å². The van der Waals surface area contributed by atoms with Crippen LogP contribution in [0, 0.1) is 0 Å². The highest BCUT2D eigenvalue weighted by Crippen LogP contribution is 2.46. The minimum absolute atomic E-state index is 0.206. The van der Waals surface area contributed by atoms with E-state index in [0.717, 1.165) is 37.1 Å². The molecular formula is C19H13I3N4. The lowest BCUT2D eigenvalue weighted by atomic mass is 10.2. The van der Waals surface area contributed by atoms with Crippen LogP contribution in [0.25, 0.3) is 21.0 Å². The van der Waals surface area contributed by atoms with Crippen molar-refractivity contribution in [3.8, 4) is 11.4 Å². The maximum atomic E-state index is 5.05. The van der Waals surface area contributed by atoms with Gasteiger partial charge in [0.2, 0.25) is 0 Å². The van der Waals surface area contributed by atoms with Crippen LogP contribution in [0.5, 0.6) is 0 Å². The van der Waals surface area contributed by atoms with E-state index in [1.165, 1.54) is 5.69 Å². The number of allylic oxidation sites excluding steroid dienone is 1. The first-order valence-corrected chi connectivity index (χ1v) is 11.5. The Bertz CT molecular complexity index is 1190. The Morgan fingerprint density at radius 1 is 0.962 bits per heavy atom. The van der Waals surface area contributed by atoms with Gasteiger partial charge in [-0.3, -0.25) is 4.99 Å². The maximum absolute atomic E-state index is 5.05. The van der Waals surface area contributed by atoms with E-state index < -0.39 is 0 Å². The van der Waals surface area contributed by atoms with Gasteiger partial charge >= 0.3 is 0 Å². The first-order valence-electron chi connectivity index (χ1n) is 8.09. The normalized spacial score (nSPS) is 27.4. The number of hydrogen-bond donors (Lipinski definition) is 3. The lowest BCUT2D eigenvalue weighted by Crippen LogP contribution is -2.20. The number of rotatable bonds is 0. The number of halogens is 3. The molecule has 3 N–H and O–H groups in total. The molecule has 7 heteroatoms. The average Bonchev–Trinajstić information content (AvgIpc) is 3.40. The molecule has 2 atom stereocenters. The number of nitrogens with one attached hydrogen (secondary N) is 3. The molecular weight excluding hydrogens is 665 g/mol.